The van der Waals surface area contributed by atoms with Crippen molar-refractivity contribution >= 4 is 11.9 Å². The molecule has 6 heteroatoms. The lowest BCUT2D eigenvalue weighted by molar-refractivity contribution is -0.125. The van der Waals surface area contributed by atoms with Gasteiger partial charge in [0.05, 0.1) is 0 Å². The van der Waals surface area contributed by atoms with Gasteiger partial charge in [0, 0.05) is 32.2 Å². The highest BCUT2D eigenvalue weighted by Gasteiger charge is 2.33. The van der Waals surface area contributed by atoms with Crippen LogP contribution >= 0.6 is 0 Å². The molecule has 2 heterocycles. The van der Waals surface area contributed by atoms with E-state index in [0.29, 0.717) is 12.5 Å². The van der Waals surface area contributed by atoms with E-state index in [1.807, 2.05) is 25.1 Å². The van der Waals surface area contributed by atoms with Crippen LogP contribution in [0, 0.1) is 11.8 Å². The van der Waals surface area contributed by atoms with Crippen molar-refractivity contribution in [1.82, 2.24) is 20.9 Å². The molecule has 1 aromatic carbocycles. The molecular formula is C19H28N4O2. The number of carbonyl (C=O) groups is 2. The van der Waals surface area contributed by atoms with Gasteiger partial charge >= 0.3 is 6.03 Å². The van der Waals surface area contributed by atoms with Gasteiger partial charge in [0.2, 0.25) is 5.91 Å². The monoisotopic (exact) mass is 344 g/mol. The number of carbonyl (C=O) groups excluding carboxylic acids is 2. The third-order valence-corrected chi connectivity index (χ3v) is 5.29. The molecular weight excluding hydrogens is 316 g/mol. The molecule has 0 saturated carbocycles. The number of likely N-dealkylation sites (tertiary alicyclic amines) is 1. The maximum Gasteiger partial charge on any atom is 0.315 e. The van der Waals surface area contributed by atoms with E-state index in [2.05, 4.69) is 39.9 Å². The van der Waals surface area contributed by atoms with Gasteiger partial charge in [0.15, 0.2) is 0 Å². The Labute approximate surface area is 149 Å². The molecule has 1 aromatic rings. The fourth-order valence-corrected chi connectivity index (χ4v) is 3.74. The predicted molar refractivity (Wildman–Crippen MR) is 96.9 cm³/mol. The van der Waals surface area contributed by atoms with Crippen LogP contribution in [0.3, 0.4) is 0 Å². The minimum atomic E-state index is -0.439. The van der Waals surface area contributed by atoms with Crippen LogP contribution in [0.25, 0.3) is 0 Å². The van der Waals surface area contributed by atoms with E-state index in [9.17, 15) is 9.59 Å². The average Bonchev–Trinajstić information content (AvgIpc) is 2.91. The second kappa shape index (κ2) is 7.87. The number of amides is 3. The quantitative estimate of drug-likeness (QED) is 0.771. The van der Waals surface area contributed by atoms with Gasteiger partial charge in [-0.2, -0.15) is 0 Å². The summed E-state index contributed by atoms with van der Waals surface area (Å²) in [5.41, 5.74) is 1.28. The Morgan fingerprint density at radius 1 is 1.16 bits per heavy atom. The third kappa shape index (κ3) is 4.51. The summed E-state index contributed by atoms with van der Waals surface area (Å²) in [7, 11) is 0. The molecule has 0 spiro atoms. The fraction of sp³-hybridized carbons (Fsp3) is 0.579. The number of piperidine rings is 1. The Kier molecular flexibility index (Phi) is 5.58. The van der Waals surface area contributed by atoms with Gasteiger partial charge in [-0.3, -0.25) is 9.69 Å². The molecule has 6 nitrogen and oxygen atoms in total. The lowest BCUT2D eigenvalue weighted by atomic mass is 9.94. The molecule has 3 rings (SSSR count). The summed E-state index contributed by atoms with van der Waals surface area (Å²) in [4.78, 5) is 26.6. The summed E-state index contributed by atoms with van der Waals surface area (Å²) < 4.78 is 0. The Hall–Kier alpha value is -2.08. The van der Waals surface area contributed by atoms with Crippen molar-refractivity contribution in [2.45, 2.75) is 38.9 Å². The summed E-state index contributed by atoms with van der Waals surface area (Å²) in [5.74, 6) is 0.459. The van der Waals surface area contributed by atoms with E-state index in [-0.39, 0.29) is 23.9 Å². The highest BCUT2D eigenvalue weighted by molar-refractivity contribution is 5.87. The molecule has 0 radical (unpaired) electrons. The van der Waals surface area contributed by atoms with Crippen molar-refractivity contribution in [3.8, 4) is 0 Å². The Morgan fingerprint density at radius 2 is 1.92 bits per heavy atom. The first-order chi connectivity index (χ1) is 12.0. The number of benzene rings is 1. The maximum atomic E-state index is 12.3. The van der Waals surface area contributed by atoms with Crippen molar-refractivity contribution in [1.29, 1.82) is 0 Å². The zero-order valence-corrected chi connectivity index (χ0v) is 15.0. The molecule has 4 atom stereocenters. The van der Waals surface area contributed by atoms with Gasteiger partial charge in [-0.15, -0.1) is 0 Å². The maximum absolute atomic E-state index is 12.3. The third-order valence-electron chi connectivity index (χ3n) is 5.29. The van der Waals surface area contributed by atoms with Crippen LogP contribution in [-0.4, -0.2) is 48.6 Å². The number of rotatable bonds is 4. The van der Waals surface area contributed by atoms with E-state index < -0.39 is 6.04 Å². The SMILES string of the molecule is C[C@@H]1CN(Cc2ccccc2)C[C@@H]1NC(=O)N[C@@H]1C(=O)NCC[C@@H]1C. The first kappa shape index (κ1) is 17.7. The number of hydrogen-bond acceptors (Lipinski definition) is 3. The van der Waals surface area contributed by atoms with Crippen molar-refractivity contribution in [2.24, 2.45) is 11.8 Å². The van der Waals surface area contributed by atoms with Crippen LogP contribution in [-0.2, 0) is 11.3 Å². The standard InChI is InChI=1S/C19H28N4O2/c1-13-8-9-20-18(24)17(13)22-19(25)21-16-12-23(10-14(16)2)11-15-6-4-3-5-7-15/h3-7,13-14,16-17H,8-12H2,1-2H3,(H,20,24)(H2,21,22,25)/t13-,14+,16-,17-/m0/s1. The summed E-state index contributed by atoms with van der Waals surface area (Å²) in [6, 6.07) is 9.79. The smallest absolute Gasteiger partial charge is 0.315 e. The van der Waals surface area contributed by atoms with Crippen molar-refractivity contribution in [2.75, 3.05) is 19.6 Å². The van der Waals surface area contributed by atoms with E-state index >= 15 is 0 Å². The van der Waals surface area contributed by atoms with Gasteiger partial charge in [-0.1, -0.05) is 44.2 Å². The van der Waals surface area contributed by atoms with Gasteiger partial charge < -0.3 is 16.0 Å². The molecule has 0 bridgehead atoms. The molecule has 2 aliphatic heterocycles. The van der Waals surface area contributed by atoms with Crippen molar-refractivity contribution < 1.29 is 9.59 Å². The van der Waals surface area contributed by atoms with E-state index in [1.54, 1.807) is 0 Å². The lowest BCUT2D eigenvalue weighted by Crippen LogP contribution is -2.57. The molecule has 3 N–H and O–H groups in total. The summed E-state index contributed by atoms with van der Waals surface area (Å²) in [6.07, 6.45) is 0.890. The van der Waals surface area contributed by atoms with Crippen LogP contribution < -0.4 is 16.0 Å². The molecule has 0 aromatic heterocycles. The highest BCUT2D eigenvalue weighted by atomic mass is 16.2. The fourth-order valence-electron chi connectivity index (χ4n) is 3.74. The Morgan fingerprint density at radius 3 is 2.64 bits per heavy atom. The zero-order valence-electron chi connectivity index (χ0n) is 15.0. The van der Waals surface area contributed by atoms with Crippen molar-refractivity contribution in [3.05, 3.63) is 35.9 Å². The van der Waals surface area contributed by atoms with Crippen LogP contribution in [0.4, 0.5) is 4.79 Å². The first-order valence-electron chi connectivity index (χ1n) is 9.14. The van der Waals surface area contributed by atoms with Crippen LogP contribution in [0.1, 0.15) is 25.8 Å². The molecule has 0 unspecified atom stereocenters. The molecule has 2 aliphatic rings. The van der Waals surface area contributed by atoms with Gasteiger partial charge in [0.25, 0.3) is 0 Å². The average molecular weight is 344 g/mol. The predicted octanol–water partition coefficient (Wildman–Crippen LogP) is 1.33. The van der Waals surface area contributed by atoms with Crippen molar-refractivity contribution in [3.63, 3.8) is 0 Å². The number of hydrogen-bond donors (Lipinski definition) is 3. The first-order valence-corrected chi connectivity index (χ1v) is 9.14. The van der Waals surface area contributed by atoms with E-state index in [4.69, 9.17) is 0 Å². The second-order valence-corrected chi connectivity index (χ2v) is 7.42. The Bertz CT molecular complexity index is 607. The second-order valence-electron chi connectivity index (χ2n) is 7.42. The summed E-state index contributed by atoms with van der Waals surface area (Å²) in [6.45, 7) is 7.53. The molecule has 25 heavy (non-hydrogen) atoms. The summed E-state index contributed by atoms with van der Waals surface area (Å²) >= 11 is 0. The van der Waals surface area contributed by atoms with Gasteiger partial charge in [-0.25, -0.2) is 4.79 Å². The Balaban J connectivity index is 1.50. The minimum Gasteiger partial charge on any atom is -0.354 e. The van der Waals surface area contributed by atoms with E-state index in [0.717, 1.165) is 26.1 Å². The number of urea groups is 1. The molecule has 3 amide bonds. The highest BCUT2D eigenvalue weighted by Crippen LogP contribution is 2.19. The lowest BCUT2D eigenvalue weighted by Gasteiger charge is -2.29. The molecule has 136 valence electrons. The minimum absolute atomic E-state index is 0.0842. The molecule has 2 fully saturated rings. The number of nitrogens with zero attached hydrogens (tertiary/aromatic N) is 1. The number of nitrogens with one attached hydrogen (secondary N) is 3. The van der Waals surface area contributed by atoms with E-state index in [1.165, 1.54) is 5.56 Å². The van der Waals surface area contributed by atoms with Gasteiger partial charge in [-0.05, 0) is 23.8 Å². The van der Waals surface area contributed by atoms with Crippen LogP contribution in [0.5, 0.6) is 0 Å². The van der Waals surface area contributed by atoms with Crippen LogP contribution in [0.2, 0.25) is 0 Å². The summed E-state index contributed by atoms with van der Waals surface area (Å²) in [5, 5.41) is 8.73. The zero-order chi connectivity index (χ0) is 17.8. The van der Waals surface area contributed by atoms with Crippen LogP contribution in [0.15, 0.2) is 30.3 Å². The van der Waals surface area contributed by atoms with Gasteiger partial charge in [0.1, 0.15) is 6.04 Å². The largest absolute Gasteiger partial charge is 0.354 e. The molecule has 2 saturated heterocycles. The normalized spacial score (nSPS) is 29.9. The topological polar surface area (TPSA) is 73.5 Å². The molecule has 0 aliphatic carbocycles.